The molecular formula is C26H26ClFN4O2. The molecule has 1 heterocycles. The number of amides is 3. The van der Waals surface area contributed by atoms with Crippen molar-refractivity contribution in [3.05, 3.63) is 82.6 Å². The number of hydrogen-bond acceptors (Lipinski definition) is 3. The molecule has 0 unspecified atom stereocenters. The average molecular weight is 481 g/mol. The molecule has 3 aromatic carbocycles. The molecule has 3 amide bonds. The first kappa shape index (κ1) is 23.6. The molecule has 8 heteroatoms. The molecule has 176 valence electrons. The van der Waals surface area contributed by atoms with Crippen LogP contribution >= 0.6 is 11.6 Å². The molecule has 4 rings (SSSR count). The predicted octanol–water partition coefficient (Wildman–Crippen LogP) is 6.67. The van der Waals surface area contributed by atoms with Gasteiger partial charge in [-0.2, -0.15) is 0 Å². The van der Waals surface area contributed by atoms with E-state index in [1.165, 1.54) is 12.5 Å². The van der Waals surface area contributed by atoms with E-state index in [0.29, 0.717) is 33.2 Å². The van der Waals surface area contributed by atoms with Gasteiger partial charge < -0.3 is 20.9 Å². The van der Waals surface area contributed by atoms with Gasteiger partial charge in [0.25, 0.3) is 5.91 Å². The minimum Gasteiger partial charge on any atom is -0.370 e. The number of aryl methyl sites for hydroxylation is 1. The number of piperidine rings is 1. The number of anilines is 4. The van der Waals surface area contributed by atoms with Crippen LogP contribution in [-0.4, -0.2) is 25.0 Å². The fourth-order valence-electron chi connectivity index (χ4n) is 3.92. The summed E-state index contributed by atoms with van der Waals surface area (Å²) in [6, 6.07) is 16.2. The van der Waals surface area contributed by atoms with Crippen molar-refractivity contribution in [2.75, 3.05) is 33.9 Å². The molecule has 0 radical (unpaired) electrons. The number of halogens is 2. The summed E-state index contributed by atoms with van der Waals surface area (Å²) in [5.74, 6) is -0.738. The zero-order valence-corrected chi connectivity index (χ0v) is 19.6. The Hall–Kier alpha value is -3.58. The Morgan fingerprint density at radius 1 is 0.882 bits per heavy atom. The van der Waals surface area contributed by atoms with Crippen molar-refractivity contribution in [3.63, 3.8) is 0 Å². The summed E-state index contributed by atoms with van der Waals surface area (Å²) in [7, 11) is 0. The van der Waals surface area contributed by atoms with Crippen LogP contribution in [0.2, 0.25) is 5.02 Å². The van der Waals surface area contributed by atoms with Gasteiger partial charge in [-0.15, -0.1) is 0 Å². The number of benzene rings is 3. The number of hydrogen-bond donors (Lipinski definition) is 3. The largest absolute Gasteiger partial charge is 0.370 e. The summed E-state index contributed by atoms with van der Waals surface area (Å²) in [5.41, 5.74) is 3.13. The Bertz CT molecular complexity index is 1210. The highest BCUT2D eigenvalue weighted by atomic mass is 35.5. The van der Waals surface area contributed by atoms with E-state index in [9.17, 15) is 14.0 Å². The second kappa shape index (κ2) is 10.6. The lowest BCUT2D eigenvalue weighted by molar-refractivity contribution is 0.102. The topological polar surface area (TPSA) is 73.5 Å². The highest BCUT2D eigenvalue weighted by molar-refractivity contribution is 6.34. The molecule has 0 spiro atoms. The van der Waals surface area contributed by atoms with E-state index in [1.807, 2.05) is 6.07 Å². The number of carbonyl (C=O) groups is 2. The van der Waals surface area contributed by atoms with E-state index in [2.05, 4.69) is 20.9 Å². The van der Waals surface area contributed by atoms with Crippen molar-refractivity contribution in [1.82, 2.24) is 0 Å². The first-order chi connectivity index (χ1) is 16.4. The Morgan fingerprint density at radius 2 is 1.59 bits per heavy atom. The third-order valence-corrected chi connectivity index (χ3v) is 6.08. The summed E-state index contributed by atoms with van der Waals surface area (Å²) < 4.78 is 13.9. The highest BCUT2D eigenvalue weighted by Gasteiger charge is 2.18. The summed E-state index contributed by atoms with van der Waals surface area (Å²) in [4.78, 5) is 27.7. The van der Waals surface area contributed by atoms with Gasteiger partial charge in [0.1, 0.15) is 5.82 Å². The summed E-state index contributed by atoms with van der Waals surface area (Å²) in [5, 5.41) is 8.73. The van der Waals surface area contributed by atoms with Crippen LogP contribution < -0.4 is 20.9 Å². The average Bonchev–Trinajstić information content (AvgIpc) is 2.82. The standard InChI is InChI=1S/C26H26ClFN4O2/c1-17-9-10-18(15-22(17)28)30-26(34)31-23-16-19(11-12-24(23)32-13-5-2-6-14-32)29-25(33)20-7-3-4-8-21(20)27/h3-4,7-12,15-16H,2,5-6,13-14H2,1H3,(H,29,33)(H2,30,31,34). The fourth-order valence-corrected chi connectivity index (χ4v) is 4.15. The quantitative estimate of drug-likeness (QED) is 0.381. The lowest BCUT2D eigenvalue weighted by Crippen LogP contribution is -2.31. The third kappa shape index (κ3) is 5.66. The second-order valence-corrected chi connectivity index (χ2v) is 8.66. The predicted molar refractivity (Wildman–Crippen MR) is 136 cm³/mol. The normalized spacial score (nSPS) is 13.3. The van der Waals surface area contributed by atoms with Gasteiger partial charge >= 0.3 is 6.03 Å². The molecule has 1 aliphatic rings. The monoisotopic (exact) mass is 480 g/mol. The van der Waals surface area contributed by atoms with E-state index < -0.39 is 11.8 Å². The first-order valence-electron chi connectivity index (χ1n) is 11.2. The van der Waals surface area contributed by atoms with E-state index in [0.717, 1.165) is 31.6 Å². The maximum atomic E-state index is 13.9. The zero-order valence-electron chi connectivity index (χ0n) is 18.8. The van der Waals surface area contributed by atoms with Crippen molar-refractivity contribution in [1.29, 1.82) is 0 Å². The van der Waals surface area contributed by atoms with E-state index in [4.69, 9.17) is 11.6 Å². The van der Waals surface area contributed by atoms with E-state index in [1.54, 1.807) is 55.5 Å². The summed E-state index contributed by atoms with van der Waals surface area (Å²) >= 11 is 6.15. The molecule has 34 heavy (non-hydrogen) atoms. The molecule has 3 N–H and O–H groups in total. The van der Waals surface area contributed by atoms with Crippen molar-refractivity contribution in [2.45, 2.75) is 26.2 Å². The molecule has 1 saturated heterocycles. The number of nitrogens with zero attached hydrogens (tertiary/aromatic N) is 1. The molecule has 0 saturated carbocycles. The van der Waals surface area contributed by atoms with Gasteiger partial charge in [-0.1, -0.05) is 29.8 Å². The minimum atomic E-state index is -0.504. The summed E-state index contributed by atoms with van der Waals surface area (Å²) in [6.45, 7) is 3.42. The van der Waals surface area contributed by atoms with Gasteiger partial charge in [0.2, 0.25) is 0 Å². The van der Waals surface area contributed by atoms with Crippen LogP contribution in [0.4, 0.5) is 31.9 Å². The minimum absolute atomic E-state index is 0.346. The number of urea groups is 1. The Kier molecular flexibility index (Phi) is 7.33. The Balaban J connectivity index is 1.57. The maximum absolute atomic E-state index is 13.9. The second-order valence-electron chi connectivity index (χ2n) is 8.26. The lowest BCUT2D eigenvalue weighted by atomic mass is 10.1. The smallest absolute Gasteiger partial charge is 0.323 e. The highest BCUT2D eigenvalue weighted by Crippen LogP contribution is 2.32. The van der Waals surface area contributed by atoms with Crippen LogP contribution in [0.15, 0.2) is 60.7 Å². The zero-order chi connectivity index (χ0) is 24.1. The van der Waals surface area contributed by atoms with Crippen LogP contribution in [0.25, 0.3) is 0 Å². The van der Waals surface area contributed by atoms with Gasteiger partial charge in [-0.3, -0.25) is 4.79 Å². The Labute approximate surface area is 203 Å². The number of rotatable bonds is 5. The van der Waals surface area contributed by atoms with Crippen molar-refractivity contribution in [2.24, 2.45) is 0 Å². The van der Waals surface area contributed by atoms with Crippen molar-refractivity contribution >= 4 is 46.3 Å². The van der Waals surface area contributed by atoms with Gasteiger partial charge in [0, 0.05) is 24.5 Å². The van der Waals surface area contributed by atoms with Crippen LogP contribution in [0.3, 0.4) is 0 Å². The fraction of sp³-hybridized carbons (Fsp3) is 0.231. The Morgan fingerprint density at radius 3 is 2.32 bits per heavy atom. The van der Waals surface area contributed by atoms with Gasteiger partial charge in [-0.05, 0) is 74.2 Å². The molecule has 0 aliphatic carbocycles. The first-order valence-corrected chi connectivity index (χ1v) is 11.6. The van der Waals surface area contributed by atoms with Crippen LogP contribution in [0.5, 0.6) is 0 Å². The van der Waals surface area contributed by atoms with E-state index in [-0.39, 0.29) is 5.91 Å². The molecule has 3 aromatic rings. The molecule has 1 fully saturated rings. The van der Waals surface area contributed by atoms with Crippen molar-refractivity contribution < 1.29 is 14.0 Å². The SMILES string of the molecule is Cc1ccc(NC(=O)Nc2cc(NC(=O)c3ccccc3Cl)ccc2N2CCCCC2)cc1F. The molecule has 0 bridgehead atoms. The van der Waals surface area contributed by atoms with Crippen LogP contribution in [-0.2, 0) is 0 Å². The summed E-state index contributed by atoms with van der Waals surface area (Å²) in [6.07, 6.45) is 3.31. The number of nitrogens with one attached hydrogen (secondary N) is 3. The molecular weight excluding hydrogens is 455 g/mol. The van der Waals surface area contributed by atoms with Crippen molar-refractivity contribution in [3.8, 4) is 0 Å². The molecule has 0 aromatic heterocycles. The van der Waals surface area contributed by atoms with Gasteiger partial charge in [0.15, 0.2) is 0 Å². The van der Waals surface area contributed by atoms with Gasteiger partial charge in [0.05, 0.1) is 22.0 Å². The molecule has 6 nitrogen and oxygen atoms in total. The molecule has 0 atom stereocenters. The van der Waals surface area contributed by atoms with E-state index >= 15 is 0 Å². The third-order valence-electron chi connectivity index (χ3n) is 5.75. The van der Waals surface area contributed by atoms with Crippen LogP contribution in [0, 0.1) is 12.7 Å². The molecule has 1 aliphatic heterocycles. The van der Waals surface area contributed by atoms with Crippen LogP contribution in [0.1, 0.15) is 35.2 Å². The maximum Gasteiger partial charge on any atom is 0.323 e. The van der Waals surface area contributed by atoms with Gasteiger partial charge in [-0.25, -0.2) is 9.18 Å². The lowest BCUT2D eigenvalue weighted by Gasteiger charge is -2.31. The number of carbonyl (C=O) groups excluding carboxylic acids is 2.